The number of nitrogens with zero attached hydrogens (tertiary/aromatic N) is 1. The van der Waals surface area contributed by atoms with E-state index in [-0.39, 0.29) is 30.7 Å². The summed E-state index contributed by atoms with van der Waals surface area (Å²) in [5, 5.41) is 8.78. The van der Waals surface area contributed by atoms with E-state index in [4.69, 9.17) is 5.11 Å². The van der Waals surface area contributed by atoms with Crippen molar-refractivity contribution in [3.63, 3.8) is 0 Å². The van der Waals surface area contributed by atoms with Gasteiger partial charge in [0.05, 0.1) is 12.4 Å². The summed E-state index contributed by atoms with van der Waals surface area (Å²) in [5.41, 5.74) is 0. The van der Waals surface area contributed by atoms with Crippen LogP contribution in [0.5, 0.6) is 0 Å². The third-order valence-electron chi connectivity index (χ3n) is 2.34. The topological polar surface area (TPSA) is 74.7 Å². The number of sulfone groups is 1. The summed E-state index contributed by atoms with van der Waals surface area (Å²) in [6.07, 6.45) is 3.07. The van der Waals surface area contributed by atoms with Crippen LogP contribution in [0, 0.1) is 0 Å². The van der Waals surface area contributed by atoms with Gasteiger partial charge < -0.3 is 10.0 Å². The van der Waals surface area contributed by atoms with Crippen LogP contribution in [0.1, 0.15) is 19.3 Å². The van der Waals surface area contributed by atoms with E-state index in [1.807, 2.05) is 0 Å². The molecule has 1 amide bonds. The van der Waals surface area contributed by atoms with Crippen molar-refractivity contribution in [2.75, 3.05) is 25.2 Å². The predicted molar refractivity (Wildman–Crippen MR) is 56.1 cm³/mol. The van der Waals surface area contributed by atoms with Gasteiger partial charge in [0.2, 0.25) is 5.91 Å². The Balaban J connectivity index is 2.42. The van der Waals surface area contributed by atoms with Crippen LogP contribution in [0.2, 0.25) is 0 Å². The molecule has 0 aliphatic heterocycles. The van der Waals surface area contributed by atoms with Gasteiger partial charge in [-0.05, 0) is 12.8 Å². The first-order valence-electron chi connectivity index (χ1n) is 5.02. The highest BCUT2D eigenvalue weighted by molar-refractivity contribution is 7.90. The highest BCUT2D eigenvalue weighted by Gasteiger charge is 2.31. The Kier molecular flexibility index (Phi) is 4.10. The first kappa shape index (κ1) is 12.4. The van der Waals surface area contributed by atoms with Gasteiger partial charge in [-0.1, -0.05) is 0 Å². The van der Waals surface area contributed by atoms with Gasteiger partial charge in [-0.25, -0.2) is 8.42 Å². The van der Waals surface area contributed by atoms with E-state index in [2.05, 4.69) is 0 Å². The smallest absolute Gasteiger partial charge is 0.223 e. The van der Waals surface area contributed by atoms with Gasteiger partial charge in [0.15, 0.2) is 0 Å². The van der Waals surface area contributed by atoms with Crippen LogP contribution in [-0.2, 0) is 14.6 Å². The maximum absolute atomic E-state index is 11.6. The zero-order valence-corrected chi connectivity index (χ0v) is 9.66. The highest BCUT2D eigenvalue weighted by atomic mass is 32.2. The summed E-state index contributed by atoms with van der Waals surface area (Å²) in [7, 11) is -3.08. The van der Waals surface area contributed by atoms with Crippen molar-refractivity contribution in [2.45, 2.75) is 25.3 Å². The number of hydrogen-bond donors (Lipinski definition) is 1. The molecule has 1 fully saturated rings. The molecule has 0 aromatic rings. The average molecular weight is 235 g/mol. The number of amides is 1. The lowest BCUT2D eigenvalue weighted by Crippen LogP contribution is -2.36. The lowest BCUT2D eigenvalue weighted by molar-refractivity contribution is -0.131. The third kappa shape index (κ3) is 4.61. The molecular formula is C9H17NO4S. The number of rotatable bonds is 6. The van der Waals surface area contributed by atoms with Crippen LogP contribution in [0.15, 0.2) is 0 Å². The third-order valence-corrected chi connectivity index (χ3v) is 3.28. The van der Waals surface area contributed by atoms with Gasteiger partial charge >= 0.3 is 0 Å². The minimum Gasteiger partial charge on any atom is -0.395 e. The Morgan fingerprint density at radius 3 is 2.47 bits per heavy atom. The van der Waals surface area contributed by atoms with Gasteiger partial charge in [-0.3, -0.25) is 4.79 Å². The molecule has 0 saturated heterocycles. The largest absolute Gasteiger partial charge is 0.395 e. The lowest BCUT2D eigenvalue weighted by Gasteiger charge is -2.20. The highest BCUT2D eigenvalue weighted by Crippen LogP contribution is 2.27. The van der Waals surface area contributed by atoms with Crippen LogP contribution < -0.4 is 0 Å². The fraction of sp³-hybridized carbons (Fsp3) is 0.889. The van der Waals surface area contributed by atoms with Crippen LogP contribution in [0.3, 0.4) is 0 Å². The second-order valence-electron chi connectivity index (χ2n) is 3.92. The molecule has 88 valence electrons. The van der Waals surface area contributed by atoms with E-state index >= 15 is 0 Å². The quantitative estimate of drug-likeness (QED) is 0.667. The van der Waals surface area contributed by atoms with Crippen molar-refractivity contribution in [3.8, 4) is 0 Å². The van der Waals surface area contributed by atoms with Gasteiger partial charge in [0.25, 0.3) is 0 Å². The molecule has 0 heterocycles. The van der Waals surface area contributed by atoms with E-state index in [1.54, 1.807) is 4.90 Å². The molecule has 0 radical (unpaired) electrons. The number of aliphatic hydroxyl groups is 1. The van der Waals surface area contributed by atoms with Crippen LogP contribution in [-0.4, -0.2) is 55.5 Å². The molecule has 0 unspecified atom stereocenters. The molecular weight excluding hydrogens is 218 g/mol. The molecule has 0 spiro atoms. The fourth-order valence-corrected chi connectivity index (χ4v) is 1.97. The normalized spacial score (nSPS) is 16.4. The Morgan fingerprint density at radius 2 is 2.07 bits per heavy atom. The molecule has 0 aromatic heterocycles. The van der Waals surface area contributed by atoms with Gasteiger partial charge in [0, 0.05) is 25.3 Å². The molecule has 0 atom stereocenters. The molecule has 0 aromatic carbocycles. The van der Waals surface area contributed by atoms with Gasteiger partial charge in [0.1, 0.15) is 9.84 Å². The van der Waals surface area contributed by atoms with Gasteiger partial charge in [-0.2, -0.15) is 0 Å². The van der Waals surface area contributed by atoms with E-state index in [1.165, 1.54) is 0 Å². The molecule has 5 nitrogen and oxygen atoms in total. The van der Waals surface area contributed by atoms with Crippen molar-refractivity contribution in [2.24, 2.45) is 0 Å². The van der Waals surface area contributed by atoms with Crippen molar-refractivity contribution in [1.29, 1.82) is 0 Å². The summed E-state index contributed by atoms with van der Waals surface area (Å²) < 4.78 is 21.8. The Hall–Kier alpha value is -0.620. The van der Waals surface area contributed by atoms with E-state index < -0.39 is 9.84 Å². The second-order valence-corrected chi connectivity index (χ2v) is 6.18. The Bertz CT molecular complexity index is 321. The molecule has 1 rings (SSSR count). The summed E-state index contributed by atoms with van der Waals surface area (Å²) in [4.78, 5) is 13.2. The standard InChI is InChI=1S/C9H17NO4S/c1-15(13,14)7-4-9(12)10(5-6-11)8-2-3-8/h8,11H,2-7H2,1H3. The lowest BCUT2D eigenvalue weighted by atomic mass is 10.3. The Labute approximate surface area is 90.0 Å². The fourth-order valence-electron chi connectivity index (χ4n) is 1.42. The van der Waals surface area contributed by atoms with Crippen molar-refractivity contribution in [3.05, 3.63) is 0 Å². The summed E-state index contributed by atoms with van der Waals surface area (Å²) >= 11 is 0. The van der Waals surface area contributed by atoms with Crippen molar-refractivity contribution >= 4 is 15.7 Å². The van der Waals surface area contributed by atoms with E-state index in [0.29, 0.717) is 6.54 Å². The number of aliphatic hydroxyl groups excluding tert-OH is 1. The zero-order chi connectivity index (χ0) is 11.5. The van der Waals surface area contributed by atoms with E-state index in [9.17, 15) is 13.2 Å². The van der Waals surface area contributed by atoms with Crippen LogP contribution >= 0.6 is 0 Å². The maximum atomic E-state index is 11.6. The van der Waals surface area contributed by atoms with E-state index in [0.717, 1.165) is 19.1 Å². The minimum atomic E-state index is -3.08. The van der Waals surface area contributed by atoms with Crippen molar-refractivity contribution < 1.29 is 18.3 Å². The zero-order valence-electron chi connectivity index (χ0n) is 8.85. The molecule has 0 bridgehead atoms. The number of carbonyl (C=O) groups excluding carboxylic acids is 1. The monoisotopic (exact) mass is 235 g/mol. The summed E-state index contributed by atoms with van der Waals surface area (Å²) in [6.45, 7) is 0.244. The first-order chi connectivity index (χ1) is 6.94. The van der Waals surface area contributed by atoms with Crippen molar-refractivity contribution in [1.82, 2.24) is 4.90 Å². The summed E-state index contributed by atoms with van der Waals surface area (Å²) in [5.74, 6) is -0.280. The average Bonchev–Trinajstić information content (AvgIpc) is 2.92. The maximum Gasteiger partial charge on any atom is 0.223 e. The molecule has 6 heteroatoms. The van der Waals surface area contributed by atoms with Crippen LogP contribution in [0.4, 0.5) is 0 Å². The SMILES string of the molecule is CS(=O)(=O)CCC(=O)N(CCO)C1CC1. The minimum absolute atomic E-state index is 0.0231. The molecule has 1 saturated carbocycles. The molecule has 1 aliphatic carbocycles. The molecule has 15 heavy (non-hydrogen) atoms. The number of carbonyl (C=O) groups is 1. The summed E-state index contributed by atoms with van der Waals surface area (Å²) in [6, 6.07) is 0.226. The number of hydrogen-bond acceptors (Lipinski definition) is 4. The molecule has 1 aliphatic rings. The van der Waals surface area contributed by atoms with Crippen LogP contribution in [0.25, 0.3) is 0 Å². The predicted octanol–water partition coefficient (Wildman–Crippen LogP) is -0.596. The first-order valence-corrected chi connectivity index (χ1v) is 7.08. The Morgan fingerprint density at radius 1 is 1.47 bits per heavy atom. The molecule has 1 N–H and O–H groups in total. The second kappa shape index (κ2) is 4.94. The van der Waals surface area contributed by atoms with Gasteiger partial charge in [-0.15, -0.1) is 0 Å².